The van der Waals surface area contributed by atoms with E-state index >= 15 is 0 Å². The zero-order valence-electron chi connectivity index (χ0n) is 10.3. The zero-order valence-corrected chi connectivity index (χ0v) is 13.3. The fourth-order valence-electron chi connectivity index (χ4n) is 2.03. The molecular weight excluding hydrogens is 334 g/mol. The van der Waals surface area contributed by atoms with Crippen molar-refractivity contribution in [2.75, 3.05) is 13.1 Å². The molecule has 0 spiro atoms. The van der Waals surface area contributed by atoms with Gasteiger partial charge in [0.1, 0.15) is 0 Å². The van der Waals surface area contributed by atoms with Crippen LogP contribution in [0.2, 0.25) is 0 Å². The van der Waals surface area contributed by atoms with Gasteiger partial charge >= 0.3 is 0 Å². The van der Waals surface area contributed by atoms with E-state index in [1.807, 2.05) is 0 Å². The lowest BCUT2D eigenvalue weighted by molar-refractivity contribution is -0.132. The Kier molecular flexibility index (Phi) is 7.77. The average molecular weight is 350 g/mol. The first-order valence-electron chi connectivity index (χ1n) is 6.08. The molecule has 0 aromatic rings. The summed E-state index contributed by atoms with van der Waals surface area (Å²) in [6.45, 7) is 0.990. The van der Waals surface area contributed by atoms with E-state index in [0.717, 1.165) is 19.3 Å². The van der Waals surface area contributed by atoms with Crippen LogP contribution in [-0.2, 0) is 9.59 Å². The summed E-state index contributed by atoms with van der Waals surface area (Å²) in [4.78, 5) is 21.4. The number of carbonyl (C=O) groups excluding carboxylic acids is 2. The molecule has 1 amide bonds. The Morgan fingerprint density at radius 1 is 1.05 bits per heavy atom. The van der Waals surface area contributed by atoms with Gasteiger partial charge in [0, 0.05) is 19.0 Å². The minimum absolute atomic E-state index is 0.155. The van der Waals surface area contributed by atoms with E-state index in [1.54, 1.807) is 0 Å². The van der Waals surface area contributed by atoms with Crippen LogP contribution in [0.15, 0.2) is 0 Å². The smallest absolute Gasteiger partial charge is 0.269 e. The lowest BCUT2D eigenvalue weighted by atomic mass is 9.95. The molecule has 110 valence electrons. The van der Waals surface area contributed by atoms with E-state index in [1.165, 1.54) is 5.01 Å². The van der Waals surface area contributed by atoms with Crippen LogP contribution in [0.1, 0.15) is 25.7 Å². The van der Waals surface area contributed by atoms with Crippen LogP contribution >= 0.6 is 46.4 Å². The molecule has 1 saturated heterocycles. The van der Waals surface area contributed by atoms with E-state index < -0.39 is 9.67 Å². The van der Waals surface area contributed by atoms with Gasteiger partial charge in [0.15, 0.2) is 15.5 Å². The number of nitrogens with one attached hydrogen (secondary N) is 1. The number of ketones is 1. The summed E-state index contributed by atoms with van der Waals surface area (Å²) in [5, 5.41) is 1.41. The molecule has 4 nitrogen and oxygen atoms in total. The van der Waals surface area contributed by atoms with Crippen LogP contribution in [0.25, 0.3) is 0 Å². The van der Waals surface area contributed by atoms with Crippen LogP contribution in [0.3, 0.4) is 0 Å². The topological polar surface area (TPSA) is 49.4 Å². The van der Waals surface area contributed by atoms with Crippen molar-refractivity contribution in [3.05, 3.63) is 0 Å². The van der Waals surface area contributed by atoms with Crippen molar-refractivity contribution >= 4 is 58.1 Å². The Bertz CT molecular complexity index is 296. The van der Waals surface area contributed by atoms with Gasteiger partial charge in [-0.05, 0) is 19.3 Å². The van der Waals surface area contributed by atoms with Crippen LogP contribution in [0.4, 0.5) is 0 Å². The average Bonchev–Trinajstić information content (AvgIpc) is 2.48. The molecule has 1 fully saturated rings. The van der Waals surface area contributed by atoms with E-state index in [9.17, 15) is 9.59 Å². The van der Waals surface area contributed by atoms with E-state index in [2.05, 4.69) is 5.43 Å². The minimum Gasteiger partial charge on any atom is -0.296 e. The van der Waals surface area contributed by atoms with Gasteiger partial charge in [0.2, 0.25) is 0 Å². The number of hydrazine groups is 1. The third kappa shape index (κ3) is 5.64. The summed E-state index contributed by atoms with van der Waals surface area (Å²) < 4.78 is 0. The lowest BCUT2D eigenvalue weighted by Gasteiger charge is -2.23. The highest BCUT2D eigenvalue weighted by atomic mass is 35.5. The molecule has 19 heavy (non-hydrogen) atoms. The molecule has 0 bridgehead atoms. The molecule has 0 aromatic heterocycles. The number of hydrogen-bond acceptors (Lipinski definition) is 3. The molecule has 0 aromatic carbocycles. The summed E-state index contributed by atoms with van der Waals surface area (Å²) in [7, 11) is 0. The molecule has 1 aliphatic rings. The van der Waals surface area contributed by atoms with Gasteiger partial charge in [-0.1, -0.05) is 52.8 Å². The number of alkyl halides is 4. The maximum Gasteiger partial charge on any atom is 0.269 e. The number of Topliss-reactive ketones (excluding diaryl/α,β-unsaturated/α-hetero) is 1. The van der Waals surface area contributed by atoms with Crippen molar-refractivity contribution in [3.8, 4) is 0 Å². The zero-order chi connectivity index (χ0) is 14.4. The monoisotopic (exact) mass is 348 g/mol. The number of amides is 1. The normalized spacial score (nSPS) is 22.0. The lowest BCUT2D eigenvalue weighted by Crippen LogP contribution is -2.46. The summed E-state index contributed by atoms with van der Waals surface area (Å²) in [5.41, 5.74) is 2.94. The van der Waals surface area contributed by atoms with Crippen molar-refractivity contribution in [2.24, 2.45) is 5.92 Å². The van der Waals surface area contributed by atoms with Crippen LogP contribution in [0.5, 0.6) is 0 Å². The summed E-state index contributed by atoms with van der Waals surface area (Å²) in [6.07, 6.45) is 2.88. The fourth-order valence-corrected chi connectivity index (χ4v) is 2.62. The number of halogens is 4. The van der Waals surface area contributed by atoms with Crippen molar-refractivity contribution < 1.29 is 9.59 Å². The molecule has 8 heteroatoms. The van der Waals surface area contributed by atoms with Gasteiger partial charge in [0.05, 0.1) is 0 Å². The number of carbonyl (C=O) groups is 2. The van der Waals surface area contributed by atoms with Crippen LogP contribution in [0, 0.1) is 5.92 Å². The number of nitrogens with zero attached hydrogens (tertiary/aromatic N) is 1. The Morgan fingerprint density at radius 2 is 1.74 bits per heavy atom. The van der Waals surface area contributed by atoms with Gasteiger partial charge < -0.3 is 0 Å². The Labute approximate surface area is 132 Å². The van der Waals surface area contributed by atoms with Gasteiger partial charge in [-0.2, -0.15) is 0 Å². The SMILES string of the molecule is O=C(C(Cl)Cl)C1CCCCN(C(=O)C(Cl)Cl)NCC1. The first-order chi connectivity index (χ1) is 8.93. The third-order valence-corrected chi connectivity index (χ3v) is 3.85. The van der Waals surface area contributed by atoms with Gasteiger partial charge in [-0.3, -0.25) is 14.6 Å². The second-order valence-corrected chi connectivity index (χ2v) is 6.58. The maximum absolute atomic E-state index is 11.8. The summed E-state index contributed by atoms with van der Waals surface area (Å²) in [5.74, 6) is -0.705. The molecule has 1 rings (SSSR count). The number of rotatable bonds is 3. The third-order valence-electron chi connectivity index (χ3n) is 3.05. The predicted octanol–water partition coefficient (Wildman–Crippen LogP) is 2.69. The number of hydrogen-bond donors (Lipinski definition) is 1. The summed E-state index contributed by atoms with van der Waals surface area (Å²) >= 11 is 22.4. The standard InChI is InChI=1S/C11H16Cl4N2O2/c12-9(13)8(18)7-3-1-2-6-17(16-5-4-7)11(19)10(14)15/h7,9-10,16H,1-6H2. The van der Waals surface area contributed by atoms with Gasteiger partial charge in [-0.25, -0.2) is 5.43 Å². The second-order valence-electron chi connectivity index (χ2n) is 4.38. The second kappa shape index (κ2) is 8.53. The predicted molar refractivity (Wildman–Crippen MR) is 77.7 cm³/mol. The molecule has 1 N–H and O–H groups in total. The first-order valence-corrected chi connectivity index (χ1v) is 7.83. The largest absolute Gasteiger partial charge is 0.296 e. The highest BCUT2D eigenvalue weighted by Gasteiger charge is 2.26. The fraction of sp³-hybridized carbons (Fsp3) is 0.818. The highest BCUT2D eigenvalue weighted by molar-refractivity contribution is 6.54. The highest BCUT2D eigenvalue weighted by Crippen LogP contribution is 2.21. The molecule has 0 aliphatic carbocycles. The quantitative estimate of drug-likeness (QED) is 0.797. The Morgan fingerprint density at radius 3 is 2.32 bits per heavy atom. The first kappa shape index (κ1) is 17.3. The van der Waals surface area contributed by atoms with Gasteiger partial charge in [0.25, 0.3) is 5.91 Å². The minimum atomic E-state index is -1.08. The van der Waals surface area contributed by atoms with Crippen LogP contribution < -0.4 is 5.43 Å². The van der Waals surface area contributed by atoms with Crippen LogP contribution in [-0.4, -0.2) is 39.5 Å². The van der Waals surface area contributed by atoms with E-state index in [-0.39, 0.29) is 17.6 Å². The van der Waals surface area contributed by atoms with Crippen molar-refractivity contribution in [1.29, 1.82) is 0 Å². The van der Waals surface area contributed by atoms with Gasteiger partial charge in [-0.15, -0.1) is 0 Å². The molecule has 0 saturated carbocycles. The maximum atomic E-state index is 11.8. The van der Waals surface area contributed by atoms with Crippen molar-refractivity contribution in [3.63, 3.8) is 0 Å². The van der Waals surface area contributed by atoms with E-state index in [4.69, 9.17) is 46.4 Å². The van der Waals surface area contributed by atoms with Crippen molar-refractivity contribution in [2.45, 2.75) is 35.4 Å². The Hall–Kier alpha value is 0.260. The molecule has 0 radical (unpaired) electrons. The molecule has 1 atom stereocenters. The van der Waals surface area contributed by atoms with E-state index in [0.29, 0.717) is 19.5 Å². The molecule has 1 heterocycles. The summed E-state index contributed by atoms with van der Waals surface area (Å²) in [6, 6.07) is 0. The molecule has 1 aliphatic heterocycles. The molecule has 1 unspecified atom stereocenters. The Balaban J connectivity index is 2.57. The molecular formula is C11H16Cl4N2O2. The van der Waals surface area contributed by atoms with Crippen molar-refractivity contribution in [1.82, 2.24) is 10.4 Å².